The van der Waals surface area contributed by atoms with Gasteiger partial charge in [-0.25, -0.2) is 0 Å². The Labute approximate surface area is 66.8 Å². The minimum atomic E-state index is -0.393. The van der Waals surface area contributed by atoms with Crippen LogP contribution in [0.2, 0.25) is 0 Å². The molecule has 0 aliphatic carbocycles. The fraction of sp³-hybridized carbons (Fsp3) is 0.625. The summed E-state index contributed by atoms with van der Waals surface area (Å²) in [7, 11) is 0. The molecule has 1 nitrogen and oxygen atoms in total. The normalized spacial score (nSPS) is 29.8. The molecule has 56 valence electrons. The zero-order chi connectivity index (χ0) is 7.45. The monoisotopic (exact) mass is 157 g/mol. The summed E-state index contributed by atoms with van der Waals surface area (Å²) in [5, 5.41) is 0. The van der Waals surface area contributed by atoms with Crippen LogP contribution >= 0.6 is 11.6 Å². The molecule has 0 saturated carbocycles. The molecule has 10 heavy (non-hydrogen) atoms. The topological polar surface area (TPSA) is 12.4 Å². The quantitative estimate of drug-likeness (QED) is 0.441. The van der Waals surface area contributed by atoms with E-state index in [-0.39, 0.29) is 0 Å². The SMILES string of the molecule is CCCCC1(Cl)C=CC=N1. The zero-order valence-corrected chi connectivity index (χ0v) is 6.93. The first-order chi connectivity index (χ1) is 4.77. The van der Waals surface area contributed by atoms with Crippen molar-refractivity contribution >= 4 is 17.8 Å². The van der Waals surface area contributed by atoms with Gasteiger partial charge in [0.15, 0.2) is 5.00 Å². The van der Waals surface area contributed by atoms with Crippen LogP contribution in [0.25, 0.3) is 0 Å². The molecule has 0 fully saturated rings. The van der Waals surface area contributed by atoms with E-state index in [0.29, 0.717) is 0 Å². The van der Waals surface area contributed by atoms with Gasteiger partial charge in [-0.2, -0.15) is 0 Å². The van der Waals surface area contributed by atoms with E-state index in [0.717, 1.165) is 12.8 Å². The van der Waals surface area contributed by atoms with E-state index < -0.39 is 5.00 Å². The van der Waals surface area contributed by atoms with Crippen LogP contribution in [0.5, 0.6) is 0 Å². The summed E-state index contributed by atoms with van der Waals surface area (Å²) in [4.78, 5) is 3.74. The van der Waals surface area contributed by atoms with Crippen LogP contribution in [0.4, 0.5) is 0 Å². The molecule has 1 heterocycles. The Morgan fingerprint density at radius 1 is 1.60 bits per heavy atom. The summed E-state index contributed by atoms with van der Waals surface area (Å²) < 4.78 is 0. The van der Waals surface area contributed by atoms with E-state index in [1.165, 1.54) is 6.42 Å². The van der Waals surface area contributed by atoms with Crippen LogP contribution in [-0.4, -0.2) is 11.2 Å². The maximum atomic E-state index is 6.06. The fourth-order valence-corrected chi connectivity index (χ4v) is 1.24. The number of halogens is 1. The van der Waals surface area contributed by atoms with Gasteiger partial charge in [0, 0.05) is 6.21 Å². The van der Waals surface area contributed by atoms with E-state index in [2.05, 4.69) is 11.9 Å². The Hall–Kier alpha value is -0.300. The van der Waals surface area contributed by atoms with Crippen LogP contribution in [0.3, 0.4) is 0 Å². The van der Waals surface area contributed by atoms with Crippen molar-refractivity contribution < 1.29 is 0 Å². The number of nitrogens with zero attached hydrogens (tertiary/aromatic N) is 1. The summed E-state index contributed by atoms with van der Waals surface area (Å²) in [6, 6.07) is 0. The van der Waals surface area contributed by atoms with E-state index in [1.54, 1.807) is 6.21 Å². The van der Waals surface area contributed by atoms with Crippen LogP contribution in [-0.2, 0) is 0 Å². The molecule has 0 aromatic rings. The highest BCUT2D eigenvalue weighted by Crippen LogP contribution is 2.28. The molecule has 0 aromatic heterocycles. The second kappa shape index (κ2) is 3.20. The Kier molecular flexibility index (Phi) is 2.50. The van der Waals surface area contributed by atoms with Gasteiger partial charge in [-0.3, -0.25) is 4.99 Å². The van der Waals surface area contributed by atoms with E-state index in [4.69, 9.17) is 11.6 Å². The average molecular weight is 158 g/mol. The molecule has 0 amide bonds. The van der Waals surface area contributed by atoms with E-state index in [9.17, 15) is 0 Å². The van der Waals surface area contributed by atoms with Crippen molar-refractivity contribution in [2.75, 3.05) is 0 Å². The van der Waals surface area contributed by atoms with Crippen molar-refractivity contribution in [1.29, 1.82) is 0 Å². The lowest BCUT2D eigenvalue weighted by molar-refractivity contribution is 0.617. The lowest BCUT2D eigenvalue weighted by atomic mass is 10.1. The van der Waals surface area contributed by atoms with E-state index >= 15 is 0 Å². The van der Waals surface area contributed by atoms with Crippen LogP contribution < -0.4 is 0 Å². The molecule has 1 atom stereocenters. The number of rotatable bonds is 3. The third-order valence-electron chi connectivity index (χ3n) is 1.61. The van der Waals surface area contributed by atoms with Gasteiger partial charge in [-0.15, -0.1) is 0 Å². The van der Waals surface area contributed by atoms with Gasteiger partial charge in [0.05, 0.1) is 0 Å². The van der Waals surface area contributed by atoms with Crippen LogP contribution in [0.15, 0.2) is 17.1 Å². The maximum Gasteiger partial charge on any atom is 0.152 e. The highest BCUT2D eigenvalue weighted by molar-refractivity contribution is 6.26. The predicted octanol–water partition coefficient (Wildman–Crippen LogP) is 2.75. The van der Waals surface area contributed by atoms with Crippen molar-refractivity contribution in [3.8, 4) is 0 Å². The minimum absolute atomic E-state index is 0.393. The third kappa shape index (κ3) is 1.84. The largest absolute Gasteiger partial charge is 0.266 e. The summed E-state index contributed by atoms with van der Waals surface area (Å²) >= 11 is 6.06. The smallest absolute Gasteiger partial charge is 0.152 e. The summed E-state index contributed by atoms with van der Waals surface area (Å²) in [6.45, 7) is 2.16. The Morgan fingerprint density at radius 2 is 2.40 bits per heavy atom. The van der Waals surface area contributed by atoms with Gasteiger partial charge in [0.2, 0.25) is 0 Å². The molecule has 1 aliphatic rings. The average Bonchev–Trinajstić information content (AvgIpc) is 2.33. The lowest BCUT2D eigenvalue weighted by Gasteiger charge is -2.13. The van der Waals surface area contributed by atoms with Gasteiger partial charge in [0.25, 0.3) is 0 Å². The first kappa shape index (κ1) is 7.80. The molecule has 0 radical (unpaired) electrons. The van der Waals surface area contributed by atoms with Crippen molar-refractivity contribution in [2.45, 2.75) is 31.2 Å². The Balaban J connectivity index is 2.38. The number of allylic oxidation sites excluding steroid dienone is 1. The fourth-order valence-electron chi connectivity index (χ4n) is 0.973. The number of hydrogen-bond acceptors (Lipinski definition) is 1. The molecular formula is C8H12ClN. The van der Waals surface area contributed by atoms with Crippen LogP contribution in [0.1, 0.15) is 26.2 Å². The number of aliphatic imine (C=N–C) groups is 1. The molecule has 2 heteroatoms. The molecule has 0 N–H and O–H groups in total. The Morgan fingerprint density at radius 3 is 2.90 bits per heavy atom. The summed E-state index contributed by atoms with van der Waals surface area (Å²) in [5.41, 5.74) is 0. The molecule has 0 spiro atoms. The first-order valence-electron chi connectivity index (χ1n) is 3.69. The Bertz CT molecular complexity index is 149. The minimum Gasteiger partial charge on any atom is -0.266 e. The van der Waals surface area contributed by atoms with Crippen LogP contribution in [0, 0.1) is 0 Å². The van der Waals surface area contributed by atoms with Gasteiger partial charge in [-0.1, -0.05) is 24.9 Å². The molecule has 0 bridgehead atoms. The van der Waals surface area contributed by atoms with Gasteiger partial charge in [-0.05, 0) is 25.0 Å². The number of alkyl halides is 1. The number of unbranched alkanes of at least 4 members (excludes halogenated alkanes) is 1. The summed E-state index contributed by atoms with van der Waals surface area (Å²) in [6.07, 6.45) is 8.90. The molecule has 1 rings (SSSR count). The lowest BCUT2D eigenvalue weighted by Crippen LogP contribution is -2.11. The molecule has 0 saturated heterocycles. The predicted molar refractivity (Wildman–Crippen MR) is 45.7 cm³/mol. The summed E-state index contributed by atoms with van der Waals surface area (Å²) in [5.74, 6) is 0. The van der Waals surface area contributed by atoms with Crippen molar-refractivity contribution in [3.63, 3.8) is 0 Å². The van der Waals surface area contributed by atoms with Crippen molar-refractivity contribution in [2.24, 2.45) is 4.99 Å². The second-order valence-electron chi connectivity index (χ2n) is 2.56. The third-order valence-corrected chi connectivity index (χ3v) is 2.02. The van der Waals surface area contributed by atoms with E-state index in [1.807, 2.05) is 12.2 Å². The van der Waals surface area contributed by atoms with Gasteiger partial charge < -0.3 is 0 Å². The van der Waals surface area contributed by atoms with Crippen molar-refractivity contribution in [3.05, 3.63) is 12.2 Å². The zero-order valence-electron chi connectivity index (χ0n) is 6.18. The molecule has 1 aliphatic heterocycles. The van der Waals surface area contributed by atoms with Gasteiger partial charge in [0.1, 0.15) is 0 Å². The molecule has 0 aromatic carbocycles. The highest BCUT2D eigenvalue weighted by atomic mass is 35.5. The molecule has 1 unspecified atom stereocenters. The molecular weight excluding hydrogens is 146 g/mol. The standard InChI is InChI=1S/C8H12ClN/c1-2-3-5-8(9)6-4-7-10-8/h4,6-7H,2-3,5H2,1H3. The second-order valence-corrected chi connectivity index (χ2v) is 3.21. The highest BCUT2D eigenvalue weighted by Gasteiger charge is 2.22. The van der Waals surface area contributed by atoms with Gasteiger partial charge >= 0.3 is 0 Å². The maximum absolute atomic E-state index is 6.06. The van der Waals surface area contributed by atoms with Crippen molar-refractivity contribution in [1.82, 2.24) is 0 Å². The number of hydrogen-bond donors (Lipinski definition) is 0. The first-order valence-corrected chi connectivity index (χ1v) is 4.06.